The number of fused-ring (bicyclic) bond motifs is 1. The van der Waals surface area contributed by atoms with Crippen LogP contribution in [0.5, 0.6) is 0 Å². The molecule has 5 nitrogen and oxygen atoms in total. The molecular formula is C27H26N2O3. The molecule has 1 aliphatic carbocycles. The highest BCUT2D eigenvalue weighted by atomic mass is 16.6. The molecule has 1 unspecified atom stereocenters. The Labute approximate surface area is 188 Å². The maximum Gasteiger partial charge on any atom is 0.270 e. The zero-order valence-electron chi connectivity index (χ0n) is 18.1. The normalized spacial score (nSPS) is 15.7. The quantitative estimate of drug-likeness (QED) is 0.347. The van der Waals surface area contributed by atoms with E-state index in [2.05, 4.69) is 18.2 Å². The number of nitro benzene ring substituents is 1. The molecule has 1 aliphatic rings. The fraction of sp³-hybridized carbons (Fsp3) is 0.222. The van der Waals surface area contributed by atoms with Crippen LogP contribution in [0.3, 0.4) is 0 Å². The Kier molecular flexibility index (Phi) is 6.45. The van der Waals surface area contributed by atoms with Crippen molar-refractivity contribution in [2.24, 2.45) is 0 Å². The molecule has 4 rings (SSSR count). The van der Waals surface area contributed by atoms with Crippen LogP contribution in [0.1, 0.15) is 52.9 Å². The van der Waals surface area contributed by atoms with E-state index < -0.39 is 4.92 Å². The average molecular weight is 427 g/mol. The number of carbonyl (C=O) groups is 1. The molecule has 162 valence electrons. The van der Waals surface area contributed by atoms with Gasteiger partial charge in [0, 0.05) is 24.2 Å². The number of nitrogens with zero attached hydrogens (tertiary/aromatic N) is 2. The minimum absolute atomic E-state index is 0.0640. The second-order valence-electron chi connectivity index (χ2n) is 8.25. The van der Waals surface area contributed by atoms with Crippen molar-refractivity contribution in [3.63, 3.8) is 0 Å². The Balaban J connectivity index is 1.72. The third-order valence-electron chi connectivity index (χ3n) is 5.91. The van der Waals surface area contributed by atoms with Gasteiger partial charge in [-0.3, -0.25) is 14.9 Å². The van der Waals surface area contributed by atoms with Crippen molar-refractivity contribution in [3.8, 4) is 0 Å². The molecule has 1 amide bonds. The van der Waals surface area contributed by atoms with Crippen molar-refractivity contribution in [2.45, 2.75) is 32.2 Å². The maximum absolute atomic E-state index is 13.7. The summed E-state index contributed by atoms with van der Waals surface area (Å²) >= 11 is 0. The smallest absolute Gasteiger partial charge is 0.270 e. The molecule has 0 saturated heterocycles. The number of hydrogen-bond donors (Lipinski definition) is 0. The van der Waals surface area contributed by atoms with E-state index in [9.17, 15) is 14.9 Å². The standard InChI is InChI=1S/C27H26N2O3/c1-20(17-21-9-3-2-4-10-21)19-28(26-16-8-12-22-11-5-6-15-25(22)26)27(30)23-13-7-14-24(18-23)29(31)32/h2-7,9-11,13-15,17-18,26H,8,12,16,19H2,1H3/b20-17-. The number of rotatable bonds is 6. The molecule has 0 saturated carbocycles. The lowest BCUT2D eigenvalue weighted by molar-refractivity contribution is -0.384. The largest absolute Gasteiger partial charge is 0.328 e. The lowest BCUT2D eigenvalue weighted by atomic mass is 9.86. The number of benzene rings is 3. The summed E-state index contributed by atoms with van der Waals surface area (Å²) in [7, 11) is 0. The summed E-state index contributed by atoms with van der Waals surface area (Å²) in [6, 6.07) is 24.3. The second kappa shape index (κ2) is 9.60. The van der Waals surface area contributed by atoms with Gasteiger partial charge in [0.05, 0.1) is 11.0 Å². The number of amides is 1. The van der Waals surface area contributed by atoms with Gasteiger partial charge in [-0.25, -0.2) is 0 Å². The highest BCUT2D eigenvalue weighted by molar-refractivity contribution is 5.95. The Bertz CT molecular complexity index is 1150. The first-order valence-corrected chi connectivity index (χ1v) is 10.9. The van der Waals surface area contributed by atoms with Crippen LogP contribution in [0.4, 0.5) is 5.69 Å². The Morgan fingerprint density at radius 1 is 1.06 bits per heavy atom. The SMILES string of the molecule is C/C(=C/c1ccccc1)CN(C(=O)c1cccc([N+](=O)[O-])c1)C1CCCc2ccccc21. The van der Waals surface area contributed by atoms with Crippen molar-refractivity contribution in [2.75, 3.05) is 6.54 Å². The van der Waals surface area contributed by atoms with Crippen LogP contribution in [-0.2, 0) is 6.42 Å². The Morgan fingerprint density at radius 3 is 2.59 bits per heavy atom. The number of aryl methyl sites for hydroxylation is 1. The van der Waals surface area contributed by atoms with E-state index in [1.165, 1.54) is 23.3 Å². The van der Waals surface area contributed by atoms with Crippen LogP contribution in [0, 0.1) is 10.1 Å². The summed E-state index contributed by atoms with van der Waals surface area (Å²) in [4.78, 5) is 26.4. The van der Waals surface area contributed by atoms with Gasteiger partial charge in [0.2, 0.25) is 0 Å². The van der Waals surface area contributed by atoms with Gasteiger partial charge < -0.3 is 4.90 Å². The van der Waals surface area contributed by atoms with Crippen molar-refractivity contribution < 1.29 is 9.72 Å². The van der Waals surface area contributed by atoms with Gasteiger partial charge in [0.1, 0.15) is 0 Å². The third-order valence-corrected chi connectivity index (χ3v) is 5.91. The molecule has 3 aromatic carbocycles. The highest BCUT2D eigenvalue weighted by Gasteiger charge is 2.30. The van der Waals surface area contributed by atoms with E-state index in [-0.39, 0.29) is 17.6 Å². The molecule has 0 aliphatic heterocycles. The summed E-state index contributed by atoms with van der Waals surface area (Å²) in [6.45, 7) is 2.48. The van der Waals surface area contributed by atoms with Gasteiger partial charge in [-0.05, 0) is 48.9 Å². The van der Waals surface area contributed by atoms with Crippen LogP contribution >= 0.6 is 0 Å². The van der Waals surface area contributed by atoms with Gasteiger partial charge >= 0.3 is 0 Å². The number of hydrogen-bond acceptors (Lipinski definition) is 3. The topological polar surface area (TPSA) is 63.5 Å². The summed E-state index contributed by atoms with van der Waals surface area (Å²) in [5.74, 6) is -0.184. The van der Waals surface area contributed by atoms with Gasteiger partial charge in [-0.15, -0.1) is 0 Å². The number of carbonyl (C=O) groups excluding carboxylic acids is 1. The van der Waals surface area contributed by atoms with Gasteiger partial charge in [-0.1, -0.05) is 72.3 Å². The van der Waals surface area contributed by atoms with Crippen molar-refractivity contribution in [3.05, 3.63) is 117 Å². The first-order valence-electron chi connectivity index (χ1n) is 10.9. The Morgan fingerprint density at radius 2 is 1.81 bits per heavy atom. The minimum Gasteiger partial charge on any atom is -0.328 e. The maximum atomic E-state index is 13.7. The molecule has 0 bridgehead atoms. The number of non-ortho nitro benzene ring substituents is 1. The molecule has 0 spiro atoms. The van der Waals surface area contributed by atoms with Crippen molar-refractivity contribution in [1.82, 2.24) is 4.90 Å². The van der Waals surface area contributed by atoms with E-state index in [4.69, 9.17) is 0 Å². The number of nitro groups is 1. The third kappa shape index (κ3) is 4.78. The van der Waals surface area contributed by atoms with E-state index in [1.807, 2.05) is 54.3 Å². The average Bonchev–Trinajstić information content (AvgIpc) is 2.82. The zero-order valence-corrected chi connectivity index (χ0v) is 18.1. The van der Waals surface area contributed by atoms with Crippen molar-refractivity contribution >= 4 is 17.7 Å². The molecule has 3 aromatic rings. The fourth-order valence-corrected chi connectivity index (χ4v) is 4.44. The monoisotopic (exact) mass is 426 g/mol. The Hall–Kier alpha value is -3.73. The molecule has 32 heavy (non-hydrogen) atoms. The summed E-state index contributed by atoms with van der Waals surface area (Å²) in [6.07, 6.45) is 4.96. The highest BCUT2D eigenvalue weighted by Crippen LogP contribution is 2.36. The summed E-state index contributed by atoms with van der Waals surface area (Å²) in [5.41, 5.74) is 4.84. The van der Waals surface area contributed by atoms with E-state index >= 15 is 0 Å². The predicted molar refractivity (Wildman–Crippen MR) is 126 cm³/mol. The summed E-state index contributed by atoms with van der Waals surface area (Å²) < 4.78 is 0. The lowest BCUT2D eigenvalue weighted by Gasteiger charge is -2.36. The van der Waals surface area contributed by atoms with Crippen molar-refractivity contribution in [1.29, 1.82) is 0 Å². The lowest BCUT2D eigenvalue weighted by Crippen LogP contribution is -2.38. The van der Waals surface area contributed by atoms with E-state index in [1.54, 1.807) is 12.1 Å². The van der Waals surface area contributed by atoms with Gasteiger partial charge in [0.25, 0.3) is 11.6 Å². The molecular weight excluding hydrogens is 400 g/mol. The van der Waals surface area contributed by atoms with Gasteiger partial charge in [-0.2, -0.15) is 0 Å². The van der Waals surface area contributed by atoms with Crippen LogP contribution in [0.2, 0.25) is 0 Å². The minimum atomic E-state index is -0.461. The molecule has 1 atom stereocenters. The molecule has 5 heteroatoms. The molecule has 0 fully saturated rings. The molecule has 0 N–H and O–H groups in total. The first-order chi connectivity index (χ1) is 15.5. The van der Waals surface area contributed by atoms with E-state index in [0.717, 1.165) is 30.4 Å². The fourth-order valence-electron chi connectivity index (χ4n) is 4.44. The van der Waals surface area contributed by atoms with Crippen LogP contribution in [0.25, 0.3) is 6.08 Å². The molecule has 0 heterocycles. The molecule has 0 aromatic heterocycles. The van der Waals surface area contributed by atoms with Crippen LogP contribution in [-0.4, -0.2) is 22.3 Å². The zero-order chi connectivity index (χ0) is 22.5. The van der Waals surface area contributed by atoms with Crippen LogP contribution < -0.4 is 0 Å². The summed E-state index contributed by atoms with van der Waals surface area (Å²) in [5, 5.41) is 11.3. The predicted octanol–water partition coefficient (Wildman–Crippen LogP) is 6.22. The first kappa shape index (κ1) is 21.5. The van der Waals surface area contributed by atoms with Crippen LogP contribution in [0.15, 0.2) is 84.4 Å². The van der Waals surface area contributed by atoms with Gasteiger partial charge in [0.15, 0.2) is 0 Å². The van der Waals surface area contributed by atoms with E-state index in [0.29, 0.717) is 12.1 Å². The second-order valence-corrected chi connectivity index (χ2v) is 8.25. The molecule has 0 radical (unpaired) electrons.